The molecule has 0 aromatic carbocycles. The lowest BCUT2D eigenvalue weighted by molar-refractivity contribution is 0.0884. The number of hydrogen-bond acceptors (Lipinski definition) is 5. The van der Waals surface area contributed by atoms with Crippen LogP contribution in [0.4, 0.5) is 0 Å². The SMILES string of the molecule is CCn1cc(-c2ccnc3c(C(=O)NC4CC5CCC(C4)N5C)cnn23)c(C)n1. The molecule has 152 valence electrons. The Kier molecular flexibility index (Phi) is 4.38. The summed E-state index contributed by atoms with van der Waals surface area (Å²) in [6.45, 7) is 4.85. The van der Waals surface area contributed by atoms with Gasteiger partial charge < -0.3 is 10.2 Å². The van der Waals surface area contributed by atoms with Crippen LogP contribution in [-0.2, 0) is 6.54 Å². The second-order valence-electron chi connectivity index (χ2n) is 8.30. The molecule has 29 heavy (non-hydrogen) atoms. The van der Waals surface area contributed by atoms with E-state index in [1.807, 2.05) is 23.9 Å². The van der Waals surface area contributed by atoms with Crippen LogP contribution >= 0.6 is 0 Å². The van der Waals surface area contributed by atoms with Crippen LogP contribution in [0, 0.1) is 6.92 Å². The molecule has 3 aromatic rings. The van der Waals surface area contributed by atoms with Crippen molar-refractivity contribution >= 4 is 11.6 Å². The Morgan fingerprint density at radius 3 is 2.72 bits per heavy atom. The second kappa shape index (κ2) is 6.95. The third-order valence-electron chi connectivity index (χ3n) is 6.63. The molecule has 1 N–H and O–H groups in total. The summed E-state index contributed by atoms with van der Waals surface area (Å²) in [5, 5.41) is 12.3. The summed E-state index contributed by atoms with van der Waals surface area (Å²) in [5.41, 5.74) is 3.94. The van der Waals surface area contributed by atoms with Crippen molar-refractivity contribution in [3.63, 3.8) is 0 Å². The summed E-state index contributed by atoms with van der Waals surface area (Å²) in [6, 6.07) is 3.32. The van der Waals surface area contributed by atoms with Crippen molar-refractivity contribution in [2.45, 2.75) is 64.2 Å². The van der Waals surface area contributed by atoms with Crippen LogP contribution in [0.25, 0.3) is 16.9 Å². The summed E-state index contributed by atoms with van der Waals surface area (Å²) >= 11 is 0. The molecule has 5 heterocycles. The first kappa shape index (κ1) is 18.3. The van der Waals surface area contributed by atoms with Crippen molar-refractivity contribution in [3.05, 3.63) is 35.9 Å². The molecule has 2 aliphatic heterocycles. The maximum Gasteiger partial charge on any atom is 0.256 e. The Morgan fingerprint density at radius 2 is 2.03 bits per heavy atom. The van der Waals surface area contributed by atoms with Gasteiger partial charge in [0.2, 0.25) is 0 Å². The van der Waals surface area contributed by atoms with E-state index in [9.17, 15) is 4.79 Å². The van der Waals surface area contributed by atoms with Crippen molar-refractivity contribution in [1.82, 2.24) is 34.6 Å². The van der Waals surface area contributed by atoms with Gasteiger partial charge in [-0.2, -0.15) is 10.2 Å². The molecular formula is C21H27N7O. The molecule has 2 saturated heterocycles. The minimum atomic E-state index is -0.0837. The van der Waals surface area contributed by atoms with Crippen LogP contribution in [0.15, 0.2) is 24.7 Å². The number of carbonyl (C=O) groups excluding carboxylic acids is 1. The molecule has 0 saturated carbocycles. The average molecular weight is 393 g/mol. The number of rotatable bonds is 4. The van der Waals surface area contributed by atoms with E-state index in [-0.39, 0.29) is 11.9 Å². The van der Waals surface area contributed by atoms with Gasteiger partial charge in [-0.15, -0.1) is 0 Å². The fourth-order valence-electron chi connectivity index (χ4n) is 4.98. The molecule has 0 aliphatic carbocycles. The molecule has 2 unspecified atom stereocenters. The van der Waals surface area contributed by atoms with Gasteiger partial charge in [0.25, 0.3) is 5.91 Å². The Bertz CT molecular complexity index is 1050. The fourth-order valence-corrected chi connectivity index (χ4v) is 4.98. The Hall–Kier alpha value is -2.74. The van der Waals surface area contributed by atoms with E-state index in [2.05, 4.69) is 39.4 Å². The van der Waals surface area contributed by atoms with Gasteiger partial charge in [0.1, 0.15) is 5.56 Å². The molecule has 1 amide bonds. The highest BCUT2D eigenvalue weighted by molar-refractivity contribution is 6.00. The highest BCUT2D eigenvalue weighted by atomic mass is 16.1. The van der Waals surface area contributed by atoms with Gasteiger partial charge in [0.15, 0.2) is 5.65 Å². The maximum absolute atomic E-state index is 13.0. The number of carbonyl (C=O) groups is 1. The number of aryl methyl sites for hydroxylation is 2. The van der Waals surface area contributed by atoms with Crippen LogP contribution in [0.1, 0.15) is 48.7 Å². The van der Waals surface area contributed by atoms with Gasteiger partial charge in [-0.05, 0) is 52.6 Å². The normalized spacial score (nSPS) is 24.3. The summed E-state index contributed by atoms with van der Waals surface area (Å²) < 4.78 is 3.65. The van der Waals surface area contributed by atoms with Crippen LogP contribution in [0.5, 0.6) is 0 Å². The van der Waals surface area contributed by atoms with Crippen molar-refractivity contribution in [1.29, 1.82) is 0 Å². The fraction of sp³-hybridized carbons (Fsp3) is 0.524. The number of amides is 1. The van der Waals surface area contributed by atoms with Crippen LogP contribution in [0.2, 0.25) is 0 Å². The minimum absolute atomic E-state index is 0.0837. The lowest BCUT2D eigenvalue weighted by Crippen LogP contribution is -2.48. The number of nitrogens with zero attached hydrogens (tertiary/aromatic N) is 6. The largest absolute Gasteiger partial charge is 0.349 e. The molecule has 8 heteroatoms. The summed E-state index contributed by atoms with van der Waals surface area (Å²) in [4.78, 5) is 20.0. The van der Waals surface area contributed by atoms with E-state index < -0.39 is 0 Å². The zero-order valence-corrected chi connectivity index (χ0v) is 17.2. The molecule has 0 radical (unpaired) electrons. The van der Waals surface area contributed by atoms with Gasteiger partial charge in [-0.3, -0.25) is 9.48 Å². The maximum atomic E-state index is 13.0. The quantitative estimate of drug-likeness (QED) is 0.736. The molecule has 2 fully saturated rings. The smallest absolute Gasteiger partial charge is 0.256 e. The van der Waals surface area contributed by atoms with E-state index in [0.717, 1.165) is 36.3 Å². The van der Waals surface area contributed by atoms with Crippen LogP contribution < -0.4 is 5.32 Å². The number of hydrogen-bond donors (Lipinski definition) is 1. The molecule has 0 spiro atoms. The van der Waals surface area contributed by atoms with Gasteiger partial charge in [0.05, 0.1) is 17.6 Å². The molecule has 3 aromatic heterocycles. The van der Waals surface area contributed by atoms with Crippen molar-refractivity contribution in [3.8, 4) is 11.3 Å². The van der Waals surface area contributed by atoms with Crippen LogP contribution in [-0.4, -0.2) is 60.4 Å². The average Bonchev–Trinajstić information content (AvgIpc) is 3.36. The van der Waals surface area contributed by atoms with Crippen molar-refractivity contribution in [2.24, 2.45) is 0 Å². The number of aromatic nitrogens is 5. The molecule has 2 aliphatic rings. The molecular weight excluding hydrogens is 366 g/mol. The highest BCUT2D eigenvalue weighted by Crippen LogP contribution is 2.34. The van der Waals surface area contributed by atoms with Gasteiger partial charge in [-0.25, -0.2) is 9.50 Å². The van der Waals surface area contributed by atoms with Gasteiger partial charge >= 0.3 is 0 Å². The zero-order valence-electron chi connectivity index (χ0n) is 17.2. The first-order chi connectivity index (χ1) is 14.0. The third-order valence-corrected chi connectivity index (χ3v) is 6.63. The number of fused-ring (bicyclic) bond motifs is 3. The van der Waals surface area contributed by atoms with Crippen LogP contribution in [0.3, 0.4) is 0 Å². The first-order valence-electron chi connectivity index (χ1n) is 10.4. The minimum Gasteiger partial charge on any atom is -0.349 e. The standard InChI is InChI=1S/C21H27N7O/c1-4-27-12-18(13(2)25-27)19-7-8-22-20-17(11-23-28(19)20)21(29)24-14-9-15-5-6-16(10-14)26(15)3/h7-8,11-12,14-16H,4-6,9-10H2,1-3H3,(H,24,29). The van der Waals surface area contributed by atoms with E-state index in [4.69, 9.17) is 0 Å². The van der Waals surface area contributed by atoms with E-state index in [1.54, 1.807) is 16.9 Å². The topological polar surface area (TPSA) is 80.4 Å². The van der Waals surface area contributed by atoms with E-state index >= 15 is 0 Å². The zero-order chi connectivity index (χ0) is 20.1. The molecule has 2 atom stereocenters. The Labute approximate surface area is 169 Å². The molecule has 8 nitrogen and oxygen atoms in total. The third kappa shape index (κ3) is 3.02. The van der Waals surface area contributed by atoms with Crippen molar-refractivity contribution in [2.75, 3.05) is 7.05 Å². The monoisotopic (exact) mass is 393 g/mol. The lowest BCUT2D eigenvalue weighted by Gasteiger charge is -2.36. The molecule has 2 bridgehead atoms. The van der Waals surface area contributed by atoms with E-state index in [1.165, 1.54) is 12.8 Å². The first-order valence-corrected chi connectivity index (χ1v) is 10.4. The predicted molar refractivity (Wildman–Crippen MR) is 110 cm³/mol. The summed E-state index contributed by atoms with van der Waals surface area (Å²) in [5.74, 6) is -0.0837. The summed E-state index contributed by atoms with van der Waals surface area (Å²) in [6.07, 6.45) is 9.89. The Morgan fingerprint density at radius 1 is 1.28 bits per heavy atom. The van der Waals surface area contributed by atoms with Gasteiger partial charge in [0, 0.05) is 42.6 Å². The number of piperidine rings is 1. The second-order valence-corrected chi connectivity index (χ2v) is 8.30. The number of nitrogens with one attached hydrogen (secondary N) is 1. The lowest BCUT2D eigenvalue weighted by atomic mass is 9.98. The Balaban J connectivity index is 1.43. The van der Waals surface area contributed by atoms with Gasteiger partial charge in [-0.1, -0.05) is 0 Å². The summed E-state index contributed by atoms with van der Waals surface area (Å²) in [7, 11) is 2.21. The highest BCUT2D eigenvalue weighted by Gasteiger charge is 2.39. The molecule has 5 rings (SSSR count). The van der Waals surface area contributed by atoms with E-state index in [0.29, 0.717) is 23.3 Å². The van der Waals surface area contributed by atoms with Crippen molar-refractivity contribution < 1.29 is 4.79 Å². The predicted octanol–water partition coefficient (Wildman–Crippen LogP) is 2.28.